The number of pyridine rings is 1. The van der Waals surface area contributed by atoms with Gasteiger partial charge in [-0.2, -0.15) is 0 Å². The fourth-order valence-corrected chi connectivity index (χ4v) is 4.76. The van der Waals surface area contributed by atoms with Crippen LogP contribution < -0.4 is 5.56 Å². The highest BCUT2D eigenvalue weighted by Crippen LogP contribution is 2.31. The number of benzene rings is 2. The highest BCUT2D eigenvalue weighted by atomic mass is 16.1. The maximum Gasteiger partial charge on any atom is 0.253 e. The smallest absolute Gasteiger partial charge is 0.253 e. The number of piperidine rings is 1. The number of aromatic nitrogens is 5. The number of nitrogens with zero attached hydrogens (tertiary/aromatic N) is 5. The van der Waals surface area contributed by atoms with Gasteiger partial charge in [-0.05, 0) is 96.4 Å². The first-order chi connectivity index (χ1) is 16.0. The Morgan fingerprint density at radius 2 is 1.79 bits per heavy atom. The number of hydrogen-bond donors (Lipinski definition) is 1. The molecule has 0 spiro atoms. The molecule has 0 bridgehead atoms. The van der Waals surface area contributed by atoms with Gasteiger partial charge in [0.15, 0.2) is 5.82 Å². The van der Waals surface area contributed by atoms with Gasteiger partial charge in [-0.1, -0.05) is 37.3 Å². The molecule has 4 aromatic rings. The average molecular weight is 443 g/mol. The van der Waals surface area contributed by atoms with Crippen molar-refractivity contribution in [3.8, 4) is 0 Å². The highest BCUT2D eigenvalue weighted by molar-refractivity contribution is 5.81. The molecule has 3 heterocycles. The van der Waals surface area contributed by atoms with Crippen molar-refractivity contribution in [3.63, 3.8) is 0 Å². The maximum absolute atomic E-state index is 13.4. The zero-order valence-electron chi connectivity index (χ0n) is 19.5. The molecular weight excluding hydrogens is 412 g/mol. The Morgan fingerprint density at radius 3 is 2.55 bits per heavy atom. The van der Waals surface area contributed by atoms with Crippen LogP contribution in [0.3, 0.4) is 0 Å². The van der Waals surface area contributed by atoms with Crippen LogP contribution in [0.5, 0.6) is 0 Å². The third-order valence-corrected chi connectivity index (χ3v) is 6.94. The van der Waals surface area contributed by atoms with E-state index in [0.29, 0.717) is 23.9 Å². The molecular formula is C26H30N6O. The van der Waals surface area contributed by atoms with Gasteiger partial charge < -0.3 is 4.98 Å². The second-order valence-corrected chi connectivity index (χ2v) is 9.38. The number of aryl methyl sites for hydroxylation is 2. The number of hydrogen-bond acceptors (Lipinski definition) is 5. The molecule has 1 N–H and O–H groups in total. The molecule has 1 aliphatic heterocycles. The van der Waals surface area contributed by atoms with E-state index in [1.165, 1.54) is 11.1 Å². The van der Waals surface area contributed by atoms with Gasteiger partial charge in [-0.25, -0.2) is 4.68 Å². The molecule has 7 heteroatoms. The third kappa shape index (κ3) is 4.33. The van der Waals surface area contributed by atoms with Gasteiger partial charge in [-0.15, -0.1) is 5.10 Å². The fourth-order valence-electron chi connectivity index (χ4n) is 4.76. The molecule has 1 aliphatic rings. The fraction of sp³-hybridized carbons (Fsp3) is 0.385. The molecule has 2 aromatic carbocycles. The number of nitrogens with one attached hydrogen (secondary N) is 1. The van der Waals surface area contributed by atoms with Crippen LogP contribution in [0.2, 0.25) is 0 Å². The lowest BCUT2D eigenvalue weighted by molar-refractivity contribution is 0.149. The summed E-state index contributed by atoms with van der Waals surface area (Å²) in [4.78, 5) is 18.9. The summed E-state index contributed by atoms with van der Waals surface area (Å²) in [6.45, 7) is 8.84. The van der Waals surface area contributed by atoms with E-state index < -0.39 is 0 Å². The van der Waals surface area contributed by atoms with Gasteiger partial charge in [0.05, 0.1) is 6.54 Å². The number of aromatic amines is 1. The molecule has 1 fully saturated rings. The van der Waals surface area contributed by atoms with Crippen LogP contribution in [0, 0.1) is 19.8 Å². The average Bonchev–Trinajstić information content (AvgIpc) is 3.25. The standard InChI is InChI=1S/C26H30N6O/c1-17-9-11-31(12-10-17)24(25-28-29-30-32(25)16-20-7-5-4-6-8-20)22-15-21-13-18(2)19(3)14-23(21)27-26(22)33/h4-8,13-15,17,24H,9-12,16H2,1-3H3,(H,27,33)/t24-/m0/s1. The van der Waals surface area contributed by atoms with Crippen LogP contribution in [0.1, 0.15) is 53.9 Å². The van der Waals surface area contributed by atoms with Crippen molar-refractivity contribution in [2.45, 2.75) is 46.2 Å². The van der Waals surface area contributed by atoms with E-state index in [-0.39, 0.29) is 11.6 Å². The van der Waals surface area contributed by atoms with Gasteiger partial charge in [0.2, 0.25) is 0 Å². The minimum absolute atomic E-state index is 0.0800. The normalized spacial score (nSPS) is 16.3. The Morgan fingerprint density at radius 1 is 1.06 bits per heavy atom. The Kier molecular flexibility index (Phi) is 5.81. The Hall–Kier alpha value is -3.32. The number of fused-ring (bicyclic) bond motifs is 1. The van der Waals surface area contributed by atoms with Crippen molar-refractivity contribution >= 4 is 10.9 Å². The maximum atomic E-state index is 13.4. The van der Waals surface area contributed by atoms with Crippen LogP contribution in [0.15, 0.2) is 53.3 Å². The molecule has 33 heavy (non-hydrogen) atoms. The molecule has 2 aromatic heterocycles. The number of rotatable bonds is 5. The molecule has 5 rings (SSSR count). The lowest BCUT2D eigenvalue weighted by atomic mass is 9.95. The second-order valence-electron chi connectivity index (χ2n) is 9.38. The van der Waals surface area contributed by atoms with Crippen LogP contribution in [0.4, 0.5) is 0 Å². The first-order valence-corrected chi connectivity index (χ1v) is 11.7. The zero-order chi connectivity index (χ0) is 22.9. The minimum Gasteiger partial charge on any atom is -0.322 e. The third-order valence-electron chi connectivity index (χ3n) is 6.94. The summed E-state index contributed by atoms with van der Waals surface area (Å²) in [5.74, 6) is 1.39. The topological polar surface area (TPSA) is 79.7 Å². The van der Waals surface area contributed by atoms with E-state index in [0.717, 1.165) is 42.4 Å². The van der Waals surface area contributed by atoms with Crippen molar-refractivity contribution in [2.24, 2.45) is 5.92 Å². The summed E-state index contributed by atoms with van der Waals surface area (Å²) in [7, 11) is 0. The molecule has 1 saturated heterocycles. The molecule has 0 amide bonds. The Balaban J connectivity index is 1.62. The monoisotopic (exact) mass is 442 g/mol. The lowest BCUT2D eigenvalue weighted by Crippen LogP contribution is -2.40. The predicted molar refractivity (Wildman–Crippen MR) is 129 cm³/mol. The largest absolute Gasteiger partial charge is 0.322 e. The molecule has 0 saturated carbocycles. The second kappa shape index (κ2) is 8.90. The molecule has 1 atom stereocenters. The van der Waals surface area contributed by atoms with E-state index in [9.17, 15) is 4.79 Å². The molecule has 0 unspecified atom stereocenters. The summed E-state index contributed by atoms with van der Waals surface area (Å²) in [5.41, 5.74) is 4.97. The summed E-state index contributed by atoms with van der Waals surface area (Å²) >= 11 is 0. The zero-order valence-corrected chi connectivity index (χ0v) is 19.5. The van der Waals surface area contributed by atoms with Crippen molar-refractivity contribution in [3.05, 3.63) is 87.0 Å². The van der Waals surface area contributed by atoms with E-state index in [2.05, 4.69) is 64.4 Å². The summed E-state index contributed by atoms with van der Waals surface area (Å²) in [6.07, 6.45) is 2.20. The Bertz CT molecular complexity index is 1320. The van der Waals surface area contributed by atoms with E-state index >= 15 is 0 Å². The van der Waals surface area contributed by atoms with Crippen LogP contribution in [-0.4, -0.2) is 43.2 Å². The van der Waals surface area contributed by atoms with Crippen LogP contribution in [-0.2, 0) is 6.54 Å². The number of tetrazole rings is 1. The van der Waals surface area contributed by atoms with E-state index in [4.69, 9.17) is 0 Å². The molecule has 7 nitrogen and oxygen atoms in total. The van der Waals surface area contributed by atoms with Crippen molar-refractivity contribution < 1.29 is 0 Å². The van der Waals surface area contributed by atoms with Crippen LogP contribution in [0.25, 0.3) is 10.9 Å². The number of likely N-dealkylation sites (tertiary alicyclic amines) is 1. The highest BCUT2D eigenvalue weighted by Gasteiger charge is 2.32. The SMILES string of the molecule is Cc1cc2cc([C@@H](c3nnnn3Cc3ccccc3)N3CCC(C)CC3)c(=O)[nH]c2cc1C. The summed E-state index contributed by atoms with van der Waals surface area (Å²) in [6, 6.07) is 16.1. The minimum atomic E-state index is -0.300. The predicted octanol–water partition coefficient (Wildman–Crippen LogP) is 4.00. The van der Waals surface area contributed by atoms with Crippen molar-refractivity contribution in [1.82, 2.24) is 30.1 Å². The summed E-state index contributed by atoms with van der Waals surface area (Å²) < 4.78 is 1.84. The van der Waals surface area contributed by atoms with Crippen molar-refractivity contribution in [2.75, 3.05) is 13.1 Å². The lowest BCUT2D eigenvalue weighted by Gasteiger charge is -2.35. The quantitative estimate of drug-likeness (QED) is 0.505. The molecule has 0 radical (unpaired) electrons. The van der Waals surface area contributed by atoms with Crippen molar-refractivity contribution in [1.29, 1.82) is 0 Å². The van der Waals surface area contributed by atoms with Gasteiger partial charge in [0, 0.05) is 11.1 Å². The van der Waals surface area contributed by atoms with Gasteiger partial charge in [0.1, 0.15) is 6.04 Å². The number of H-pyrrole nitrogens is 1. The van der Waals surface area contributed by atoms with Crippen LogP contribution >= 0.6 is 0 Å². The van der Waals surface area contributed by atoms with Gasteiger partial charge in [-0.3, -0.25) is 9.69 Å². The first kappa shape index (κ1) is 21.5. The van der Waals surface area contributed by atoms with E-state index in [1.807, 2.05) is 35.0 Å². The van der Waals surface area contributed by atoms with Gasteiger partial charge >= 0.3 is 0 Å². The van der Waals surface area contributed by atoms with E-state index in [1.54, 1.807) is 0 Å². The molecule has 170 valence electrons. The first-order valence-electron chi connectivity index (χ1n) is 11.7. The van der Waals surface area contributed by atoms with Gasteiger partial charge in [0.25, 0.3) is 5.56 Å². The molecule has 0 aliphatic carbocycles. The Labute approximate surface area is 193 Å². The summed E-state index contributed by atoms with van der Waals surface area (Å²) in [5, 5.41) is 13.8.